The highest BCUT2D eigenvalue weighted by atomic mass is 19.1. The van der Waals surface area contributed by atoms with Crippen LogP contribution in [0.2, 0.25) is 0 Å². The maximum atomic E-state index is 13.2. The number of aryl methyl sites for hydroxylation is 1. The highest BCUT2D eigenvalue weighted by Gasteiger charge is 2.10. The second kappa shape index (κ2) is 11.5. The first kappa shape index (κ1) is 22.8. The molecule has 2 rings (SSSR count). The molecule has 29 heavy (non-hydrogen) atoms. The van der Waals surface area contributed by atoms with Gasteiger partial charge < -0.3 is 25.7 Å². The van der Waals surface area contributed by atoms with E-state index in [1.165, 1.54) is 36.4 Å². The zero-order valence-electron chi connectivity index (χ0n) is 16.1. The first-order valence-electron chi connectivity index (χ1n) is 9.56. The van der Waals surface area contributed by atoms with Crippen LogP contribution in [0.4, 0.5) is 8.78 Å². The summed E-state index contributed by atoms with van der Waals surface area (Å²) < 4.78 is 26.3. The third-order valence-electron chi connectivity index (χ3n) is 4.52. The van der Waals surface area contributed by atoms with Crippen molar-refractivity contribution in [2.45, 2.75) is 37.9 Å². The van der Waals surface area contributed by atoms with E-state index in [0.29, 0.717) is 49.1 Å². The Morgan fingerprint density at radius 1 is 1.00 bits per heavy atom. The van der Waals surface area contributed by atoms with Crippen LogP contribution in [0.5, 0.6) is 11.5 Å². The van der Waals surface area contributed by atoms with Crippen LogP contribution in [0.1, 0.15) is 24.0 Å². The predicted molar refractivity (Wildman–Crippen MR) is 108 cm³/mol. The number of nitrogens with one attached hydrogen (secondary N) is 1. The molecule has 0 spiro atoms. The van der Waals surface area contributed by atoms with Gasteiger partial charge in [0.05, 0.1) is 17.8 Å². The number of benzene rings is 2. The summed E-state index contributed by atoms with van der Waals surface area (Å²) in [6, 6.07) is 7.74. The molecule has 0 heterocycles. The van der Waals surface area contributed by atoms with Crippen LogP contribution in [-0.2, 0) is 12.8 Å². The van der Waals surface area contributed by atoms with Gasteiger partial charge in [0.25, 0.3) is 5.75 Å². The third-order valence-corrected chi connectivity index (χ3v) is 4.52. The summed E-state index contributed by atoms with van der Waals surface area (Å²) in [5, 5.41) is 40.3. The Balaban J connectivity index is 1.63. The average molecular weight is 408 g/mol. The van der Waals surface area contributed by atoms with Crippen molar-refractivity contribution >= 4 is 0 Å². The zero-order valence-corrected chi connectivity index (χ0v) is 16.1. The van der Waals surface area contributed by atoms with Gasteiger partial charge in [-0.25, -0.2) is 8.78 Å². The number of aliphatic hydroxyl groups excluding tert-OH is 2. The molecule has 6 N–H and O–H groups in total. The minimum atomic E-state index is -0.781. The highest BCUT2D eigenvalue weighted by molar-refractivity contribution is 5.34. The third kappa shape index (κ3) is 8.19. The molecule has 5 nitrogen and oxygen atoms in total. The first-order chi connectivity index (χ1) is 13.8. The Hall–Kier alpha value is -2.48. The summed E-state index contributed by atoms with van der Waals surface area (Å²) in [6.07, 6.45) is 3.73. The first-order valence-corrected chi connectivity index (χ1v) is 9.56. The molecule has 2 aromatic rings. The van der Waals surface area contributed by atoms with Gasteiger partial charge >= 0.3 is 0 Å². The molecule has 0 aromatic heterocycles. The largest absolute Gasteiger partial charge is 0.593 e. The van der Waals surface area contributed by atoms with E-state index in [1.54, 1.807) is 12.2 Å². The lowest BCUT2D eigenvalue weighted by atomic mass is 10.0. The maximum Gasteiger partial charge on any atom is 0.257 e. The summed E-state index contributed by atoms with van der Waals surface area (Å²) >= 11 is 0. The number of allylic oxidation sites excluding steroid dienone is 1. The van der Waals surface area contributed by atoms with Gasteiger partial charge in [0.1, 0.15) is 17.4 Å². The van der Waals surface area contributed by atoms with Crippen molar-refractivity contribution in [3.8, 4) is 11.5 Å². The highest BCUT2D eigenvalue weighted by Crippen LogP contribution is 2.20. The molecular weight excluding hydrogens is 380 g/mol. The second-order valence-corrected chi connectivity index (χ2v) is 6.98. The molecule has 2 aromatic carbocycles. The molecule has 0 saturated carbocycles. The van der Waals surface area contributed by atoms with Crippen LogP contribution >= 0.6 is 0 Å². The predicted octanol–water partition coefficient (Wildman–Crippen LogP) is 2.54. The van der Waals surface area contributed by atoms with Crippen LogP contribution in [-0.4, -0.2) is 45.7 Å². The van der Waals surface area contributed by atoms with Crippen molar-refractivity contribution in [1.82, 2.24) is 5.32 Å². The Bertz CT molecular complexity index is 813. The number of aromatic hydroxyl groups is 1. The van der Waals surface area contributed by atoms with Crippen LogP contribution in [0.3, 0.4) is 0 Å². The average Bonchev–Trinajstić information content (AvgIpc) is 2.67. The van der Waals surface area contributed by atoms with Crippen molar-refractivity contribution < 1.29 is 29.2 Å². The Labute approximate surface area is 169 Å². The summed E-state index contributed by atoms with van der Waals surface area (Å²) in [5.74, 6) is -0.505. The van der Waals surface area contributed by atoms with Gasteiger partial charge in [-0.2, -0.15) is 0 Å². The molecule has 2 atom stereocenters. The fourth-order valence-corrected chi connectivity index (χ4v) is 2.93. The smallest absolute Gasteiger partial charge is 0.257 e. The number of hydrogen-bond donors (Lipinski definition) is 4. The van der Waals surface area contributed by atoms with Crippen molar-refractivity contribution in [2.24, 2.45) is 0 Å². The Kier molecular flexibility index (Phi) is 9.05. The van der Waals surface area contributed by atoms with E-state index in [4.69, 9.17) is 5.11 Å². The molecule has 0 aliphatic carbocycles. The van der Waals surface area contributed by atoms with Gasteiger partial charge in [-0.05, 0) is 56.0 Å². The molecule has 7 heteroatoms. The molecule has 0 unspecified atom stereocenters. The van der Waals surface area contributed by atoms with Crippen molar-refractivity contribution in [1.29, 1.82) is 0 Å². The molecule has 0 amide bonds. The SMILES string of the molecule is Oc1ccc(F)cc1C/C=C/[C@H](O)CNC[C@@H](O)CCCc1cc(F)ccc1[OH2+]. The molecule has 0 radical (unpaired) electrons. The lowest BCUT2D eigenvalue weighted by molar-refractivity contribution is 0.150. The zero-order chi connectivity index (χ0) is 21.2. The van der Waals surface area contributed by atoms with Crippen molar-refractivity contribution in [3.05, 3.63) is 71.3 Å². The van der Waals surface area contributed by atoms with Gasteiger partial charge in [-0.3, -0.25) is 0 Å². The van der Waals surface area contributed by atoms with E-state index >= 15 is 0 Å². The summed E-state index contributed by atoms with van der Waals surface area (Å²) in [4.78, 5) is 0. The summed E-state index contributed by atoms with van der Waals surface area (Å²) in [5.41, 5.74) is 1.06. The van der Waals surface area contributed by atoms with E-state index in [0.717, 1.165) is 0 Å². The van der Waals surface area contributed by atoms with Crippen LogP contribution in [0, 0.1) is 11.6 Å². The number of rotatable bonds is 11. The van der Waals surface area contributed by atoms with Gasteiger partial charge in [0.2, 0.25) is 0 Å². The maximum absolute atomic E-state index is 13.2. The molecule has 0 aliphatic rings. The minimum Gasteiger partial charge on any atom is -0.593 e. The fraction of sp³-hybridized carbons (Fsp3) is 0.364. The second-order valence-electron chi connectivity index (χ2n) is 6.98. The lowest BCUT2D eigenvalue weighted by Gasteiger charge is -2.13. The van der Waals surface area contributed by atoms with E-state index < -0.39 is 18.0 Å². The quantitative estimate of drug-likeness (QED) is 0.339. The summed E-state index contributed by atoms with van der Waals surface area (Å²) in [6.45, 7) is 0.538. The number of hydrogen-bond acceptors (Lipinski definition) is 4. The van der Waals surface area contributed by atoms with E-state index in [-0.39, 0.29) is 18.1 Å². The Morgan fingerprint density at radius 3 is 2.45 bits per heavy atom. The van der Waals surface area contributed by atoms with Crippen molar-refractivity contribution in [2.75, 3.05) is 13.1 Å². The van der Waals surface area contributed by atoms with E-state index in [1.807, 2.05) is 0 Å². The number of phenolic OH excluding ortho intramolecular Hbond substituents is 1. The molecule has 0 fully saturated rings. The van der Waals surface area contributed by atoms with Gasteiger partial charge in [-0.1, -0.05) is 12.2 Å². The van der Waals surface area contributed by atoms with Crippen LogP contribution in [0.15, 0.2) is 48.6 Å². The molecule has 0 aliphatic heterocycles. The molecule has 158 valence electrons. The van der Waals surface area contributed by atoms with E-state index in [9.17, 15) is 24.1 Å². The topological polar surface area (TPSA) is 95.6 Å². The van der Waals surface area contributed by atoms with Crippen LogP contribution in [0.25, 0.3) is 0 Å². The standard InChI is InChI=1S/C22H27F2NO4/c23-17-7-9-21(28)15(11-17)3-1-5-19(26)13-25-14-20(27)6-2-4-16-12-18(24)8-10-22(16)29/h1,5,7-12,19-20,25-29H,2-4,6,13-14H2/p+1/b5-1+/t19-,20-/m0/s1. The molecule has 0 saturated heterocycles. The normalized spacial score (nSPS) is 13.7. The minimum absolute atomic E-state index is 0.00238. The molecular formula is C22H28F2NO4+. The number of aliphatic hydroxyl groups is 2. The molecule has 0 bridgehead atoms. The van der Waals surface area contributed by atoms with Crippen LogP contribution < -0.4 is 5.32 Å². The van der Waals surface area contributed by atoms with Gasteiger partial charge in [0.15, 0.2) is 0 Å². The number of phenols is 1. The van der Waals surface area contributed by atoms with Crippen molar-refractivity contribution in [3.63, 3.8) is 0 Å². The lowest BCUT2D eigenvalue weighted by Crippen LogP contribution is -2.32. The Morgan fingerprint density at radius 2 is 1.69 bits per heavy atom. The monoisotopic (exact) mass is 408 g/mol. The summed E-state index contributed by atoms with van der Waals surface area (Å²) in [7, 11) is 0. The van der Waals surface area contributed by atoms with E-state index in [2.05, 4.69) is 5.32 Å². The van der Waals surface area contributed by atoms with Gasteiger partial charge in [0, 0.05) is 24.7 Å². The number of halogens is 2. The van der Waals surface area contributed by atoms with Gasteiger partial charge in [-0.15, -0.1) is 0 Å². The fourth-order valence-electron chi connectivity index (χ4n) is 2.93.